The first-order chi connectivity index (χ1) is 8.49. The number of phenols is 1. The van der Waals surface area contributed by atoms with E-state index in [1.807, 2.05) is 0 Å². The lowest BCUT2D eigenvalue weighted by Gasteiger charge is -2.12. The highest BCUT2D eigenvalue weighted by atomic mass is 19.1. The van der Waals surface area contributed by atoms with Crippen LogP contribution in [0.15, 0.2) is 35.4 Å². The molecule has 2 aliphatic rings. The van der Waals surface area contributed by atoms with Crippen LogP contribution in [0.4, 0.5) is 13.2 Å². The van der Waals surface area contributed by atoms with Gasteiger partial charge in [0.05, 0.1) is 0 Å². The van der Waals surface area contributed by atoms with Gasteiger partial charge in [-0.1, -0.05) is 0 Å². The van der Waals surface area contributed by atoms with Crippen LogP contribution >= 0.6 is 0 Å². The van der Waals surface area contributed by atoms with Crippen LogP contribution in [0.25, 0.3) is 11.6 Å². The van der Waals surface area contributed by atoms with E-state index in [-0.39, 0.29) is 22.3 Å². The number of hydrogen-bond acceptors (Lipinski definition) is 2. The molecule has 0 heterocycles. The maximum atomic E-state index is 13.7. The highest BCUT2D eigenvalue weighted by Gasteiger charge is 2.34. The molecule has 1 N–H and O–H groups in total. The van der Waals surface area contributed by atoms with E-state index >= 15 is 0 Å². The highest BCUT2D eigenvalue weighted by Crippen LogP contribution is 2.46. The van der Waals surface area contributed by atoms with Gasteiger partial charge in [-0.15, -0.1) is 0 Å². The summed E-state index contributed by atoms with van der Waals surface area (Å²) >= 11 is 0. The molecule has 2 aliphatic carbocycles. The molecule has 0 fully saturated rings. The summed E-state index contributed by atoms with van der Waals surface area (Å²) in [4.78, 5) is 11.5. The number of hydrogen-bond donors (Lipinski definition) is 1. The lowest BCUT2D eigenvalue weighted by Crippen LogP contribution is -2.08. The van der Waals surface area contributed by atoms with Gasteiger partial charge in [-0.2, -0.15) is 0 Å². The first-order valence-electron chi connectivity index (χ1n) is 5.05. The molecule has 0 bridgehead atoms. The molecule has 0 radical (unpaired) electrons. The third-order valence-corrected chi connectivity index (χ3v) is 2.89. The second-order valence-corrected chi connectivity index (χ2v) is 3.99. The Hall–Kier alpha value is -2.30. The van der Waals surface area contributed by atoms with E-state index in [2.05, 4.69) is 0 Å². The van der Waals surface area contributed by atoms with E-state index in [0.717, 1.165) is 12.1 Å². The molecule has 0 atom stereocenters. The van der Waals surface area contributed by atoms with Crippen molar-refractivity contribution in [2.75, 3.05) is 0 Å². The summed E-state index contributed by atoms with van der Waals surface area (Å²) < 4.78 is 39.9. The highest BCUT2D eigenvalue weighted by molar-refractivity contribution is 6.25. The van der Waals surface area contributed by atoms with E-state index in [1.54, 1.807) is 0 Å². The van der Waals surface area contributed by atoms with Gasteiger partial charge in [0.25, 0.3) is 0 Å². The summed E-state index contributed by atoms with van der Waals surface area (Å²) in [5.41, 5.74) is -0.220. The van der Waals surface area contributed by atoms with Crippen LogP contribution in [0.2, 0.25) is 0 Å². The lowest BCUT2D eigenvalue weighted by molar-refractivity contribution is -0.113. The van der Waals surface area contributed by atoms with Crippen LogP contribution in [-0.4, -0.2) is 10.9 Å². The Morgan fingerprint density at radius 3 is 2.50 bits per heavy atom. The number of benzene rings is 1. The van der Waals surface area contributed by atoms with Gasteiger partial charge < -0.3 is 5.11 Å². The Morgan fingerprint density at radius 2 is 1.78 bits per heavy atom. The average molecular weight is 250 g/mol. The number of allylic oxidation sites excluding steroid dienone is 5. The molecule has 0 saturated heterocycles. The molecule has 90 valence electrons. The molecule has 1 aromatic rings. The smallest absolute Gasteiger partial charge is 0.222 e. The molecule has 1 aromatic carbocycles. The standard InChI is InChI=1S/C13H5F3O2/c14-6-1-5-2-7-12(11(5)10(17)3-6)8(15)4-9(16)13(7)18/h1-4,17H. The molecule has 18 heavy (non-hydrogen) atoms. The molecule has 0 saturated carbocycles. The van der Waals surface area contributed by atoms with Crippen molar-refractivity contribution in [1.29, 1.82) is 0 Å². The SMILES string of the molecule is O=C1C(F)=CC(F)=C2C1=Cc1cc(F)cc(O)c12. The van der Waals surface area contributed by atoms with Crippen LogP contribution in [0.1, 0.15) is 11.1 Å². The van der Waals surface area contributed by atoms with Crippen molar-refractivity contribution in [1.82, 2.24) is 0 Å². The number of ketones is 1. The molecule has 2 nitrogen and oxygen atoms in total. The van der Waals surface area contributed by atoms with Gasteiger partial charge in [0.15, 0.2) is 5.83 Å². The van der Waals surface area contributed by atoms with E-state index in [9.17, 15) is 23.1 Å². The van der Waals surface area contributed by atoms with Crippen LogP contribution in [0.5, 0.6) is 5.75 Å². The zero-order valence-electron chi connectivity index (χ0n) is 8.80. The first-order valence-corrected chi connectivity index (χ1v) is 5.05. The fourth-order valence-corrected chi connectivity index (χ4v) is 2.17. The summed E-state index contributed by atoms with van der Waals surface area (Å²) in [5.74, 6) is -4.34. The Bertz CT molecular complexity index is 696. The first kappa shape index (κ1) is 10.8. The largest absolute Gasteiger partial charge is 0.507 e. The molecule has 0 spiro atoms. The minimum Gasteiger partial charge on any atom is -0.507 e. The normalized spacial score (nSPS) is 17.4. The molecular formula is C13H5F3O2. The van der Waals surface area contributed by atoms with Crippen LogP contribution < -0.4 is 0 Å². The number of halogens is 3. The molecule has 0 unspecified atom stereocenters. The van der Waals surface area contributed by atoms with Gasteiger partial charge in [0.1, 0.15) is 17.4 Å². The van der Waals surface area contributed by atoms with Crippen molar-refractivity contribution in [2.45, 2.75) is 0 Å². The number of fused-ring (bicyclic) bond motifs is 3. The number of carbonyl (C=O) groups is 1. The van der Waals surface area contributed by atoms with Crippen molar-refractivity contribution in [3.8, 4) is 5.75 Å². The second-order valence-electron chi connectivity index (χ2n) is 3.99. The summed E-state index contributed by atoms with van der Waals surface area (Å²) in [6.45, 7) is 0. The van der Waals surface area contributed by atoms with Crippen molar-refractivity contribution in [2.24, 2.45) is 0 Å². The minimum absolute atomic E-state index is 0.0148. The molecule has 5 heteroatoms. The topological polar surface area (TPSA) is 37.3 Å². The monoisotopic (exact) mass is 250 g/mol. The fraction of sp³-hybridized carbons (Fsp3) is 0. The van der Waals surface area contributed by atoms with Crippen LogP contribution in [0, 0.1) is 5.82 Å². The van der Waals surface area contributed by atoms with Gasteiger partial charge >= 0.3 is 0 Å². The molecule has 0 aromatic heterocycles. The molecule has 0 aliphatic heterocycles. The number of rotatable bonds is 0. The van der Waals surface area contributed by atoms with Crippen LogP contribution in [0.3, 0.4) is 0 Å². The number of carbonyl (C=O) groups excluding carboxylic acids is 1. The summed E-state index contributed by atoms with van der Waals surface area (Å²) in [6.07, 6.45) is 1.63. The molecule has 3 rings (SSSR count). The predicted molar refractivity (Wildman–Crippen MR) is 58.3 cm³/mol. The zero-order valence-corrected chi connectivity index (χ0v) is 8.80. The molecular weight excluding hydrogens is 245 g/mol. The van der Waals surface area contributed by atoms with E-state index in [1.165, 1.54) is 6.08 Å². The van der Waals surface area contributed by atoms with Gasteiger partial charge in [-0.25, -0.2) is 13.2 Å². The van der Waals surface area contributed by atoms with E-state index in [4.69, 9.17) is 0 Å². The van der Waals surface area contributed by atoms with Gasteiger partial charge in [0, 0.05) is 28.9 Å². The van der Waals surface area contributed by atoms with Gasteiger partial charge in [-0.05, 0) is 17.7 Å². The van der Waals surface area contributed by atoms with Gasteiger partial charge in [-0.3, -0.25) is 4.79 Å². The Morgan fingerprint density at radius 1 is 1.06 bits per heavy atom. The summed E-state index contributed by atoms with van der Waals surface area (Å²) in [6, 6.07) is 1.86. The molecule has 0 amide bonds. The van der Waals surface area contributed by atoms with Crippen molar-refractivity contribution >= 4 is 17.4 Å². The maximum absolute atomic E-state index is 13.7. The summed E-state index contributed by atoms with van der Waals surface area (Å²) in [5, 5.41) is 9.62. The maximum Gasteiger partial charge on any atom is 0.222 e. The van der Waals surface area contributed by atoms with Crippen molar-refractivity contribution in [3.05, 3.63) is 52.4 Å². The summed E-state index contributed by atoms with van der Waals surface area (Å²) in [7, 11) is 0. The average Bonchev–Trinajstić information content (AvgIpc) is 2.65. The third-order valence-electron chi connectivity index (χ3n) is 2.89. The van der Waals surface area contributed by atoms with E-state index in [0.29, 0.717) is 6.08 Å². The Labute approximate surface area is 99.4 Å². The van der Waals surface area contributed by atoms with Crippen molar-refractivity contribution in [3.63, 3.8) is 0 Å². The second kappa shape index (κ2) is 3.35. The van der Waals surface area contributed by atoms with Crippen molar-refractivity contribution < 1.29 is 23.1 Å². The third kappa shape index (κ3) is 1.27. The number of phenolic OH excluding ortho intramolecular Hbond substituents is 1. The number of Topliss-reactive ketones (excluding diaryl/α,β-unsaturated/α-hetero) is 1. The number of aromatic hydroxyl groups is 1. The van der Waals surface area contributed by atoms with E-state index < -0.39 is 29.0 Å². The Balaban J connectivity index is 2.36. The fourth-order valence-electron chi connectivity index (χ4n) is 2.17. The minimum atomic E-state index is -1.21. The zero-order chi connectivity index (χ0) is 13.0. The van der Waals surface area contributed by atoms with Gasteiger partial charge in [0.2, 0.25) is 5.78 Å². The Kier molecular flexibility index (Phi) is 2.02. The lowest BCUT2D eigenvalue weighted by atomic mass is 9.94. The predicted octanol–water partition coefficient (Wildman–Crippen LogP) is 3.05. The van der Waals surface area contributed by atoms with Crippen LogP contribution in [-0.2, 0) is 4.79 Å². The quantitative estimate of drug-likeness (QED) is 0.768.